The van der Waals surface area contributed by atoms with Crippen molar-refractivity contribution in [2.45, 2.75) is 18.9 Å². The van der Waals surface area contributed by atoms with E-state index in [1.165, 1.54) is 0 Å². The number of ether oxygens (including phenoxy) is 1. The van der Waals surface area contributed by atoms with Crippen molar-refractivity contribution >= 4 is 0 Å². The Labute approximate surface area is 84.5 Å². The maximum atomic E-state index is 5.61. The zero-order valence-corrected chi connectivity index (χ0v) is 8.28. The van der Waals surface area contributed by atoms with Gasteiger partial charge in [-0.2, -0.15) is 0 Å². The smallest absolute Gasteiger partial charge is 0.0703 e. The Morgan fingerprint density at radius 1 is 1.50 bits per heavy atom. The van der Waals surface area contributed by atoms with E-state index in [2.05, 4.69) is 16.4 Å². The summed E-state index contributed by atoms with van der Waals surface area (Å²) in [6.45, 7) is 2.81. The van der Waals surface area contributed by atoms with Gasteiger partial charge in [0.2, 0.25) is 0 Å². The summed E-state index contributed by atoms with van der Waals surface area (Å²) in [5.74, 6) is 0. The van der Waals surface area contributed by atoms with Crippen LogP contribution in [0.5, 0.6) is 0 Å². The van der Waals surface area contributed by atoms with E-state index in [9.17, 15) is 0 Å². The van der Waals surface area contributed by atoms with E-state index in [4.69, 9.17) is 4.74 Å². The molecule has 0 bridgehead atoms. The van der Waals surface area contributed by atoms with E-state index in [-0.39, 0.29) is 0 Å². The minimum atomic E-state index is 0.366. The first-order chi connectivity index (χ1) is 6.95. The summed E-state index contributed by atoms with van der Waals surface area (Å²) < 4.78 is 5.61. The molecule has 1 unspecified atom stereocenters. The molecule has 1 aliphatic heterocycles. The van der Waals surface area contributed by atoms with Crippen molar-refractivity contribution in [2.24, 2.45) is 0 Å². The van der Waals surface area contributed by atoms with Gasteiger partial charge < -0.3 is 10.1 Å². The van der Waals surface area contributed by atoms with Crippen LogP contribution in [-0.4, -0.2) is 30.8 Å². The lowest BCUT2D eigenvalue weighted by Crippen LogP contribution is -2.38. The highest BCUT2D eigenvalue weighted by molar-refractivity contribution is 5.03. The number of aromatic nitrogens is 1. The van der Waals surface area contributed by atoms with Gasteiger partial charge in [0.1, 0.15) is 0 Å². The van der Waals surface area contributed by atoms with E-state index in [0.717, 1.165) is 38.2 Å². The first-order valence-corrected chi connectivity index (χ1v) is 5.17. The number of nitrogens with zero attached hydrogens (tertiary/aromatic N) is 1. The first kappa shape index (κ1) is 9.62. The van der Waals surface area contributed by atoms with Gasteiger partial charge in [0.05, 0.1) is 12.7 Å². The van der Waals surface area contributed by atoms with Gasteiger partial charge in [-0.15, -0.1) is 0 Å². The average molecular weight is 192 g/mol. The normalized spacial score (nSPS) is 22.1. The molecule has 0 radical (unpaired) electrons. The number of rotatable bonds is 3. The van der Waals surface area contributed by atoms with Crippen LogP contribution in [0.3, 0.4) is 0 Å². The summed E-state index contributed by atoms with van der Waals surface area (Å²) >= 11 is 0. The Hall–Kier alpha value is -0.930. The van der Waals surface area contributed by atoms with Gasteiger partial charge in [-0.1, -0.05) is 6.07 Å². The molecule has 1 fully saturated rings. The monoisotopic (exact) mass is 192 g/mol. The maximum Gasteiger partial charge on any atom is 0.0703 e. The van der Waals surface area contributed by atoms with Gasteiger partial charge >= 0.3 is 0 Å². The topological polar surface area (TPSA) is 34.1 Å². The van der Waals surface area contributed by atoms with E-state index < -0.39 is 0 Å². The van der Waals surface area contributed by atoms with Crippen molar-refractivity contribution in [3.63, 3.8) is 0 Å². The second-order valence-corrected chi connectivity index (χ2v) is 3.56. The molecule has 0 amide bonds. The highest BCUT2D eigenvalue weighted by atomic mass is 16.5. The number of hydrogen-bond acceptors (Lipinski definition) is 3. The lowest BCUT2D eigenvalue weighted by atomic mass is 10.1. The van der Waals surface area contributed by atoms with Gasteiger partial charge in [0, 0.05) is 25.0 Å². The van der Waals surface area contributed by atoms with Crippen molar-refractivity contribution < 1.29 is 4.74 Å². The Balaban J connectivity index is 1.76. The Morgan fingerprint density at radius 3 is 3.21 bits per heavy atom. The van der Waals surface area contributed by atoms with Gasteiger partial charge in [0.25, 0.3) is 0 Å². The molecular formula is C11H16N2O. The zero-order valence-electron chi connectivity index (χ0n) is 8.28. The highest BCUT2D eigenvalue weighted by Gasteiger charge is 2.12. The summed E-state index contributed by atoms with van der Waals surface area (Å²) in [6, 6.07) is 6.04. The minimum Gasteiger partial charge on any atom is -0.376 e. The summed E-state index contributed by atoms with van der Waals surface area (Å²) in [7, 11) is 0. The van der Waals surface area contributed by atoms with Crippen LogP contribution in [0, 0.1) is 0 Å². The van der Waals surface area contributed by atoms with E-state index in [1.807, 2.05) is 18.3 Å². The second-order valence-electron chi connectivity index (χ2n) is 3.56. The molecule has 2 rings (SSSR count). The van der Waals surface area contributed by atoms with Crippen LogP contribution >= 0.6 is 0 Å². The van der Waals surface area contributed by atoms with Crippen molar-refractivity contribution in [3.05, 3.63) is 30.1 Å². The minimum absolute atomic E-state index is 0.366. The summed E-state index contributed by atoms with van der Waals surface area (Å²) in [5.41, 5.74) is 1.15. The third-order valence-electron chi connectivity index (χ3n) is 2.45. The molecule has 1 N–H and O–H groups in total. The van der Waals surface area contributed by atoms with Crippen LogP contribution in [0.25, 0.3) is 0 Å². The SMILES string of the molecule is c1ccc(CCC2CNCCO2)nc1. The number of nitrogens with one attached hydrogen (secondary N) is 1. The third-order valence-corrected chi connectivity index (χ3v) is 2.45. The maximum absolute atomic E-state index is 5.61. The largest absolute Gasteiger partial charge is 0.376 e. The molecule has 76 valence electrons. The van der Waals surface area contributed by atoms with Crippen molar-refractivity contribution in [1.29, 1.82) is 0 Å². The molecule has 14 heavy (non-hydrogen) atoms. The van der Waals surface area contributed by atoms with Crippen LogP contribution in [-0.2, 0) is 11.2 Å². The lowest BCUT2D eigenvalue weighted by molar-refractivity contribution is 0.0237. The number of pyridine rings is 1. The molecular weight excluding hydrogens is 176 g/mol. The fourth-order valence-electron chi connectivity index (χ4n) is 1.66. The molecule has 0 spiro atoms. The van der Waals surface area contributed by atoms with Crippen molar-refractivity contribution in [3.8, 4) is 0 Å². The third kappa shape index (κ3) is 2.79. The Kier molecular flexibility index (Phi) is 3.49. The van der Waals surface area contributed by atoms with Gasteiger partial charge in [-0.25, -0.2) is 0 Å². The fourth-order valence-corrected chi connectivity index (χ4v) is 1.66. The van der Waals surface area contributed by atoms with Crippen LogP contribution in [0.15, 0.2) is 24.4 Å². The van der Waals surface area contributed by atoms with Gasteiger partial charge in [0.15, 0.2) is 0 Å². The Morgan fingerprint density at radius 2 is 2.50 bits per heavy atom. The molecule has 1 aromatic heterocycles. The average Bonchev–Trinajstić information content (AvgIpc) is 2.29. The van der Waals surface area contributed by atoms with Crippen molar-refractivity contribution in [2.75, 3.05) is 19.7 Å². The Bertz CT molecular complexity index is 257. The number of hydrogen-bond donors (Lipinski definition) is 1. The number of morpholine rings is 1. The molecule has 1 saturated heterocycles. The van der Waals surface area contributed by atoms with E-state index >= 15 is 0 Å². The molecule has 0 aromatic carbocycles. The predicted molar refractivity (Wildman–Crippen MR) is 55.2 cm³/mol. The fraction of sp³-hybridized carbons (Fsp3) is 0.545. The summed E-state index contributed by atoms with van der Waals surface area (Å²) in [4.78, 5) is 4.29. The molecule has 2 heterocycles. The summed E-state index contributed by atoms with van der Waals surface area (Å²) in [6.07, 6.45) is 4.28. The van der Waals surface area contributed by atoms with Crippen LogP contribution in [0.1, 0.15) is 12.1 Å². The standard InChI is InChI=1S/C11H16N2O/c1-2-6-13-10(3-1)4-5-11-9-12-7-8-14-11/h1-3,6,11-12H,4-5,7-9H2. The van der Waals surface area contributed by atoms with Gasteiger partial charge in [-0.05, 0) is 25.0 Å². The predicted octanol–water partition coefficient (Wildman–Crippen LogP) is 1.00. The molecule has 1 aromatic rings. The lowest BCUT2D eigenvalue weighted by Gasteiger charge is -2.23. The van der Waals surface area contributed by atoms with Crippen LogP contribution in [0.2, 0.25) is 0 Å². The molecule has 3 heteroatoms. The molecule has 0 aliphatic carbocycles. The zero-order chi connectivity index (χ0) is 9.64. The second kappa shape index (κ2) is 5.08. The first-order valence-electron chi connectivity index (χ1n) is 5.17. The van der Waals surface area contributed by atoms with Crippen LogP contribution in [0.4, 0.5) is 0 Å². The molecule has 1 atom stereocenters. The van der Waals surface area contributed by atoms with E-state index in [0.29, 0.717) is 6.10 Å². The summed E-state index contributed by atoms with van der Waals surface area (Å²) in [5, 5.41) is 3.33. The number of aryl methyl sites for hydroxylation is 1. The molecule has 0 saturated carbocycles. The quantitative estimate of drug-likeness (QED) is 0.776. The van der Waals surface area contributed by atoms with E-state index in [1.54, 1.807) is 0 Å². The highest BCUT2D eigenvalue weighted by Crippen LogP contribution is 2.06. The molecule has 3 nitrogen and oxygen atoms in total. The molecule has 1 aliphatic rings. The van der Waals surface area contributed by atoms with Crippen molar-refractivity contribution in [1.82, 2.24) is 10.3 Å². The van der Waals surface area contributed by atoms with Gasteiger partial charge in [-0.3, -0.25) is 4.98 Å². The van der Waals surface area contributed by atoms with Crippen LogP contribution < -0.4 is 5.32 Å².